The van der Waals surface area contributed by atoms with Crippen LogP contribution in [0.1, 0.15) is 46.5 Å². The second-order valence-electron chi connectivity index (χ2n) is 7.31. The maximum absolute atomic E-state index is 12.2. The molecule has 3 heterocycles. The summed E-state index contributed by atoms with van der Waals surface area (Å²) in [6.07, 6.45) is 4.78. The van der Waals surface area contributed by atoms with Crippen LogP contribution in [-0.2, 0) is 11.2 Å². The predicted octanol–water partition coefficient (Wildman–Crippen LogP) is 5.93. The van der Waals surface area contributed by atoms with E-state index in [4.69, 9.17) is 20.9 Å². The van der Waals surface area contributed by atoms with Crippen LogP contribution in [0.4, 0.5) is 0 Å². The van der Waals surface area contributed by atoms with Crippen molar-refractivity contribution in [2.24, 2.45) is 0 Å². The van der Waals surface area contributed by atoms with Crippen LogP contribution in [0.15, 0.2) is 40.9 Å². The van der Waals surface area contributed by atoms with Gasteiger partial charge in [-0.3, -0.25) is 9.59 Å². The standard InChI is InChI=1S/C23H20ClNO4S/c1-13-9-17(25-29-13)3-4-18(27)5-6-19-11-16-10-15(12-20(24)23(16)28-19)22-8-7-21(30-22)14(2)26/h3-4,7-10,12,19H,5-6,11H2,1-2H3/b4-3+. The lowest BCUT2D eigenvalue weighted by Gasteiger charge is -2.10. The Kier molecular flexibility index (Phi) is 5.88. The minimum absolute atomic E-state index is 0.0114. The van der Waals surface area contributed by atoms with Gasteiger partial charge in [0.25, 0.3) is 0 Å². The fourth-order valence-corrected chi connectivity index (χ4v) is 4.57. The zero-order valence-corrected chi connectivity index (χ0v) is 18.2. The number of aryl methyl sites for hydroxylation is 1. The monoisotopic (exact) mass is 441 g/mol. The van der Waals surface area contributed by atoms with Crippen LogP contribution in [0.5, 0.6) is 5.75 Å². The number of fused-ring (bicyclic) bond motifs is 1. The summed E-state index contributed by atoms with van der Waals surface area (Å²) in [4.78, 5) is 25.5. The number of Topliss-reactive ketones (excluding diaryl/α,β-unsaturated/α-hetero) is 1. The van der Waals surface area contributed by atoms with Crippen LogP contribution in [-0.4, -0.2) is 22.8 Å². The molecule has 30 heavy (non-hydrogen) atoms. The number of thiophene rings is 1. The third-order valence-electron chi connectivity index (χ3n) is 4.89. The molecule has 5 nitrogen and oxygen atoms in total. The Labute approximate surface area is 183 Å². The Morgan fingerprint density at radius 2 is 2.13 bits per heavy atom. The number of carbonyl (C=O) groups excluding carboxylic acids is 2. The van der Waals surface area contributed by atoms with Crippen molar-refractivity contribution in [1.82, 2.24) is 5.16 Å². The van der Waals surface area contributed by atoms with E-state index in [0.717, 1.165) is 20.9 Å². The minimum atomic E-state index is -0.0875. The van der Waals surface area contributed by atoms with Crippen LogP contribution in [0.3, 0.4) is 0 Å². The molecule has 1 aromatic carbocycles. The van der Waals surface area contributed by atoms with E-state index in [-0.39, 0.29) is 17.7 Å². The molecule has 0 aliphatic carbocycles. The van der Waals surface area contributed by atoms with E-state index in [1.54, 1.807) is 26.0 Å². The molecule has 0 radical (unpaired) electrons. The number of nitrogens with zero attached hydrogens (tertiary/aromatic N) is 1. The van der Waals surface area contributed by atoms with Gasteiger partial charge in [0.05, 0.1) is 9.90 Å². The number of hydrogen-bond acceptors (Lipinski definition) is 6. The molecule has 0 N–H and O–H groups in total. The first kappa shape index (κ1) is 20.6. The highest BCUT2D eigenvalue weighted by Gasteiger charge is 2.26. The predicted molar refractivity (Wildman–Crippen MR) is 117 cm³/mol. The molecule has 1 unspecified atom stereocenters. The van der Waals surface area contributed by atoms with E-state index in [0.29, 0.717) is 41.5 Å². The summed E-state index contributed by atoms with van der Waals surface area (Å²) < 4.78 is 11.0. The average molecular weight is 442 g/mol. The first-order valence-corrected chi connectivity index (χ1v) is 10.8. The highest BCUT2D eigenvalue weighted by Crippen LogP contribution is 2.41. The quantitative estimate of drug-likeness (QED) is 0.335. The largest absolute Gasteiger partial charge is 0.488 e. The van der Waals surface area contributed by atoms with Gasteiger partial charge in [-0.1, -0.05) is 16.8 Å². The fourth-order valence-electron chi connectivity index (χ4n) is 3.40. The topological polar surface area (TPSA) is 69.4 Å². The van der Waals surface area contributed by atoms with Gasteiger partial charge in [-0.25, -0.2) is 0 Å². The Balaban J connectivity index is 1.39. The number of halogens is 1. The first-order valence-electron chi connectivity index (χ1n) is 9.63. The molecule has 7 heteroatoms. The third-order valence-corrected chi connectivity index (χ3v) is 6.40. The van der Waals surface area contributed by atoms with Crippen molar-refractivity contribution in [3.8, 4) is 16.2 Å². The highest BCUT2D eigenvalue weighted by molar-refractivity contribution is 7.17. The summed E-state index contributed by atoms with van der Waals surface area (Å²) >= 11 is 7.92. The lowest BCUT2D eigenvalue weighted by atomic mass is 10.0. The van der Waals surface area contributed by atoms with E-state index >= 15 is 0 Å². The van der Waals surface area contributed by atoms with Crippen LogP contribution in [0, 0.1) is 6.92 Å². The van der Waals surface area contributed by atoms with Gasteiger partial charge in [0.1, 0.15) is 23.3 Å². The molecule has 1 atom stereocenters. The van der Waals surface area contributed by atoms with Crippen molar-refractivity contribution >= 4 is 40.6 Å². The molecule has 0 fully saturated rings. The lowest BCUT2D eigenvalue weighted by molar-refractivity contribution is -0.115. The molecule has 0 spiro atoms. The van der Waals surface area contributed by atoms with Crippen molar-refractivity contribution in [3.63, 3.8) is 0 Å². The van der Waals surface area contributed by atoms with E-state index in [2.05, 4.69) is 11.2 Å². The molecule has 1 aliphatic heterocycles. The first-order chi connectivity index (χ1) is 14.4. The molecule has 4 rings (SSSR count). The van der Waals surface area contributed by atoms with Crippen LogP contribution < -0.4 is 4.74 Å². The van der Waals surface area contributed by atoms with Gasteiger partial charge >= 0.3 is 0 Å². The number of allylic oxidation sites excluding steroid dienone is 1. The van der Waals surface area contributed by atoms with Crippen LogP contribution in [0.25, 0.3) is 16.5 Å². The Morgan fingerprint density at radius 3 is 2.83 bits per heavy atom. The number of rotatable bonds is 7. The average Bonchev–Trinajstić information content (AvgIpc) is 3.43. The van der Waals surface area contributed by atoms with E-state index in [1.165, 1.54) is 17.4 Å². The SMILES string of the molecule is CC(=O)c1ccc(-c2cc(Cl)c3c(c2)CC(CCC(=O)/C=C/c2cc(C)on2)O3)s1. The smallest absolute Gasteiger partial charge is 0.169 e. The maximum Gasteiger partial charge on any atom is 0.169 e. The normalized spacial score (nSPS) is 15.4. The maximum atomic E-state index is 12.2. The summed E-state index contributed by atoms with van der Waals surface area (Å²) in [5, 5.41) is 4.39. The number of ketones is 2. The number of benzene rings is 1. The van der Waals surface area contributed by atoms with Gasteiger partial charge in [0.15, 0.2) is 11.6 Å². The summed E-state index contributed by atoms with van der Waals surface area (Å²) in [6, 6.07) is 9.47. The van der Waals surface area contributed by atoms with Crippen molar-refractivity contribution < 1.29 is 18.8 Å². The number of hydrogen-bond donors (Lipinski definition) is 0. The van der Waals surface area contributed by atoms with Crippen LogP contribution >= 0.6 is 22.9 Å². The van der Waals surface area contributed by atoms with Gasteiger partial charge in [-0.2, -0.15) is 0 Å². The van der Waals surface area contributed by atoms with Crippen molar-refractivity contribution in [3.05, 3.63) is 63.3 Å². The molecule has 1 aliphatic rings. The molecule has 3 aromatic rings. The molecule has 154 valence electrons. The third kappa shape index (κ3) is 4.55. The summed E-state index contributed by atoms with van der Waals surface area (Å²) in [5.74, 6) is 1.46. The highest BCUT2D eigenvalue weighted by atomic mass is 35.5. The van der Waals surface area contributed by atoms with E-state index < -0.39 is 0 Å². The molecular formula is C23H20ClNO4S. The second-order valence-corrected chi connectivity index (χ2v) is 8.80. The molecule has 0 saturated carbocycles. The zero-order chi connectivity index (χ0) is 21.3. The zero-order valence-electron chi connectivity index (χ0n) is 16.6. The number of carbonyl (C=O) groups is 2. The minimum Gasteiger partial charge on any atom is -0.488 e. The molecule has 0 amide bonds. The summed E-state index contributed by atoms with van der Waals surface area (Å²) in [6.45, 7) is 3.37. The molecular weight excluding hydrogens is 422 g/mol. The summed E-state index contributed by atoms with van der Waals surface area (Å²) in [5.41, 5.74) is 2.63. The van der Waals surface area contributed by atoms with Crippen molar-refractivity contribution in [1.29, 1.82) is 0 Å². The molecule has 0 saturated heterocycles. The molecule has 0 bridgehead atoms. The van der Waals surface area contributed by atoms with Crippen molar-refractivity contribution in [2.75, 3.05) is 0 Å². The van der Waals surface area contributed by atoms with Gasteiger partial charge < -0.3 is 9.26 Å². The number of ether oxygens (including phenoxy) is 1. The number of aromatic nitrogens is 1. The van der Waals surface area contributed by atoms with Gasteiger partial charge in [0.2, 0.25) is 0 Å². The van der Waals surface area contributed by atoms with Crippen molar-refractivity contribution in [2.45, 2.75) is 39.2 Å². The Morgan fingerprint density at radius 1 is 1.30 bits per heavy atom. The van der Waals surface area contributed by atoms with Gasteiger partial charge in [0, 0.05) is 29.3 Å². The van der Waals surface area contributed by atoms with Gasteiger partial charge in [-0.05, 0) is 62.2 Å². The molecule has 2 aromatic heterocycles. The lowest BCUT2D eigenvalue weighted by Crippen LogP contribution is -2.14. The van der Waals surface area contributed by atoms with E-state index in [1.807, 2.05) is 18.2 Å². The van der Waals surface area contributed by atoms with Gasteiger partial charge in [-0.15, -0.1) is 11.3 Å². The summed E-state index contributed by atoms with van der Waals surface area (Å²) in [7, 11) is 0. The van der Waals surface area contributed by atoms with Crippen LogP contribution in [0.2, 0.25) is 5.02 Å². The second kappa shape index (κ2) is 8.58. The Bertz CT molecular complexity index is 1140. The fraction of sp³-hybridized carbons (Fsp3) is 0.261. The Hall–Kier alpha value is -2.70. The van der Waals surface area contributed by atoms with E-state index in [9.17, 15) is 9.59 Å².